The minimum absolute atomic E-state index is 0.162. The van der Waals surface area contributed by atoms with Gasteiger partial charge >= 0.3 is 5.97 Å². The first kappa shape index (κ1) is 37.1. The number of hydrogen-bond donors (Lipinski definition) is 2. The molecule has 55 heavy (non-hydrogen) atoms. The van der Waals surface area contributed by atoms with Crippen molar-refractivity contribution in [2.45, 2.75) is 71.1 Å². The van der Waals surface area contributed by atoms with Crippen LogP contribution in [-0.4, -0.2) is 68.4 Å². The fourth-order valence-corrected chi connectivity index (χ4v) is 7.07. The molecule has 13 nitrogen and oxygen atoms in total. The Kier molecular flexibility index (Phi) is 10.8. The molecule has 0 aliphatic heterocycles. The van der Waals surface area contributed by atoms with E-state index < -0.39 is 17.5 Å². The van der Waals surface area contributed by atoms with E-state index in [1.165, 1.54) is 19.3 Å². The maximum atomic E-state index is 13.2. The molecule has 2 aromatic heterocycles. The van der Waals surface area contributed by atoms with E-state index >= 15 is 0 Å². The average molecular weight is 744 g/mol. The van der Waals surface area contributed by atoms with E-state index in [-0.39, 0.29) is 13.2 Å². The van der Waals surface area contributed by atoms with E-state index in [9.17, 15) is 9.59 Å². The van der Waals surface area contributed by atoms with Gasteiger partial charge in [0.1, 0.15) is 30.3 Å². The molecule has 4 aromatic carbocycles. The summed E-state index contributed by atoms with van der Waals surface area (Å²) in [5.74, 6) is 2.34. The Bertz CT molecular complexity index is 2290. The highest BCUT2D eigenvalue weighted by Crippen LogP contribution is 2.38. The second kappa shape index (κ2) is 16.0. The molecule has 0 unspecified atom stereocenters. The highest BCUT2D eigenvalue weighted by molar-refractivity contribution is 5.97. The third-order valence-corrected chi connectivity index (χ3v) is 9.62. The quantitative estimate of drug-likeness (QED) is 0.119. The van der Waals surface area contributed by atoms with E-state index in [1.807, 2.05) is 60.7 Å². The van der Waals surface area contributed by atoms with Gasteiger partial charge in [-0.15, -0.1) is 10.2 Å². The normalized spacial score (nSPS) is 13.4. The van der Waals surface area contributed by atoms with E-state index in [0.29, 0.717) is 34.7 Å². The first-order valence-corrected chi connectivity index (χ1v) is 18.4. The number of carbonyl (C=O) groups is 2. The number of tetrazole rings is 1. The molecule has 1 aliphatic carbocycles. The summed E-state index contributed by atoms with van der Waals surface area (Å²) in [5.41, 5.74) is 5.97. The Labute approximate surface area is 319 Å². The lowest BCUT2D eigenvalue weighted by Crippen LogP contribution is -2.34. The molecule has 0 spiro atoms. The fraction of sp³-hybridized carbons (Fsp3) is 0.333. The molecule has 7 rings (SSSR count). The van der Waals surface area contributed by atoms with Crippen molar-refractivity contribution in [3.05, 3.63) is 90.0 Å². The van der Waals surface area contributed by atoms with Crippen molar-refractivity contribution in [2.24, 2.45) is 0 Å². The number of H-pyrrole nitrogens is 1. The second-order valence-electron chi connectivity index (χ2n) is 14.6. The molecule has 0 bridgehead atoms. The minimum Gasteiger partial charge on any atom is -0.493 e. The number of fused-ring (bicyclic) bond motifs is 1. The lowest BCUT2D eigenvalue weighted by molar-refractivity contribution is -0.153. The zero-order valence-corrected chi connectivity index (χ0v) is 31.7. The van der Waals surface area contributed by atoms with Gasteiger partial charge in [-0.05, 0) is 122 Å². The number of imidazole rings is 1. The van der Waals surface area contributed by atoms with Crippen LogP contribution in [0.15, 0.2) is 78.9 Å². The minimum atomic E-state index is -0.656. The van der Waals surface area contributed by atoms with Gasteiger partial charge in [0, 0.05) is 22.7 Å². The van der Waals surface area contributed by atoms with Gasteiger partial charge < -0.3 is 28.8 Å². The molecular formula is C42H45N7O6. The molecule has 0 radical (unpaired) electrons. The number of nitrogens with zero attached hydrogens (tertiary/aromatic N) is 5. The molecular weight excluding hydrogens is 699 g/mol. The maximum absolute atomic E-state index is 13.2. The largest absolute Gasteiger partial charge is 0.493 e. The predicted molar refractivity (Wildman–Crippen MR) is 208 cm³/mol. The van der Waals surface area contributed by atoms with Gasteiger partial charge in [0.25, 0.3) is 5.91 Å². The van der Waals surface area contributed by atoms with Crippen molar-refractivity contribution in [1.29, 1.82) is 0 Å². The van der Waals surface area contributed by atoms with Crippen LogP contribution >= 0.6 is 0 Å². The van der Waals surface area contributed by atoms with E-state index in [2.05, 4.69) is 36.6 Å². The van der Waals surface area contributed by atoms with Crippen LogP contribution < -0.4 is 19.5 Å². The number of aromatic amines is 1. The number of rotatable bonds is 12. The summed E-state index contributed by atoms with van der Waals surface area (Å²) in [4.78, 5) is 30.7. The van der Waals surface area contributed by atoms with Crippen molar-refractivity contribution >= 4 is 22.9 Å². The van der Waals surface area contributed by atoms with Crippen molar-refractivity contribution in [1.82, 2.24) is 35.5 Å². The number of carbonyl (C=O) groups excluding carboxylic acids is 2. The van der Waals surface area contributed by atoms with Crippen LogP contribution in [0.25, 0.3) is 44.9 Å². The fourth-order valence-electron chi connectivity index (χ4n) is 7.07. The van der Waals surface area contributed by atoms with Crippen molar-refractivity contribution in [3.8, 4) is 51.2 Å². The molecule has 0 atom stereocenters. The molecule has 1 saturated carbocycles. The highest BCUT2D eigenvalue weighted by Gasteiger charge is 2.24. The smallest absolute Gasteiger partial charge is 0.325 e. The van der Waals surface area contributed by atoms with E-state index in [4.69, 9.17) is 23.9 Å². The number of hydrogen-bond acceptors (Lipinski definition) is 10. The van der Waals surface area contributed by atoms with Crippen molar-refractivity contribution in [2.75, 3.05) is 20.8 Å². The van der Waals surface area contributed by atoms with Gasteiger partial charge in [0.05, 0.1) is 25.3 Å². The van der Waals surface area contributed by atoms with E-state index in [0.717, 1.165) is 57.5 Å². The van der Waals surface area contributed by atoms with Crippen molar-refractivity contribution < 1.29 is 28.5 Å². The molecule has 13 heteroatoms. The number of nitrogens with one attached hydrogen (secondary N) is 2. The molecule has 2 heterocycles. The Morgan fingerprint density at radius 1 is 0.855 bits per heavy atom. The maximum Gasteiger partial charge on any atom is 0.325 e. The van der Waals surface area contributed by atoms with Crippen molar-refractivity contribution in [3.63, 3.8) is 0 Å². The first-order chi connectivity index (χ1) is 26.6. The van der Waals surface area contributed by atoms with Crippen LogP contribution in [-0.2, 0) is 16.1 Å². The Morgan fingerprint density at radius 3 is 2.31 bits per heavy atom. The third kappa shape index (κ3) is 8.45. The van der Waals surface area contributed by atoms with Crippen LogP contribution in [0, 0.1) is 0 Å². The summed E-state index contributed by atoms with van der Waals surface area (Å²) in [5, 5.41) is 17.2. The van der Waals surface area contributed by atoms with E-state index in [1.54, 1.807) is 47.1 Å². The second-order valence-corrected chi connectivity index (χ2v) is 14.6. The number of aromatic nitrogens is 6. The Balaban J connectivity index is 1.16. The summed E-state index contributed by atoms with van der Waals surface area (Å²) >= 11 is 0. The van der Waals surface area contributed by atoms with Crippen LogP contribution in [0.2, 0.25) is 0 Å². The van der Waals surface area contributed by atoms with Gasteiger partial charge in [0.2, 0.25) is 5.82 Å². The summed E-state index contributed by atoms with van der Waals surface area (Å²) in [6, 6.07) is 25.5. The Morgan fingerprint density at radius 2 is 1.60 bits per heavy atom. The predicted octanol–water partition coefficient (Wildman–Crippen LogP) is 7.72. The average Bonchev–Trinajstić information content (AvgIpc) is 3.87. The molecule has 284 valence electrons. The number of methoxy groups -OCH3 is 2. The molecule has 2 N–H and O–H groups in total. The van der Waals surface area contributed by atoms with Gasteiger partial charge in [-0.25, -0.2) is 4.98 Å². The number of esters is 1. The lowest BCUT2D eigenvalue weighted by atomic mass is 9.94. The van der Waals surface area contributed by atoms with Crippen LogP contribution in [0.1, 0.15) is 74.8 Å². The summed E-state index contributed by atoms with van der Waals surface area (Å²) in [6.45, 7) is 5.25. The van der Waals surface area contributed by atoms with Gasteiger partial charge in [-0.2, -0.15) is 5.21 Å². The Hall–Kier alpha value is -6.24. The summed E-state index contributed by atoms with van der Waals surface area (Å²) < 4.78 is 25.2. The number of ether oxygens (including phenoxy) is 4. The zero-order valence-electron chi connectivity index (χ0n) is 31.7. The highest BCUT2D eigenvalue weighted by atomic mass is 16.6. The SMILES string of the molecule is COc1ccc(-c2ccc(C(=O)NCC(=O)OC(C)(C)C)cc2COc2ccc(-c3nc4cc(-c5nn[nH]n5)ccc4n3C3CCCCC3)cc2)cc1OC. The van der Waals surface area contributed by atoms with Crippen LogP contribution in [0.5, 0.6) is 17.2 Å². The zero-order chi connectivity index (χ0) is 38.5. The molecule has 6 aromatic rings. The standard InChI is InChI=1S/C42H45N7O6/c1-42(2,3)55-38(50)24-43-41(51)29-13-18-33(27-15-20-36(52-4)37(23-27)53-5)30(21-29)25-54-32-16-11-26(12-17-32)40-44-34-22-28(39-45-47-48-46-39)14-19-35(34)49(40)31-9-7-6-8-10-31/h11-23,31H,6-10,24-25H2,1-5H3,(H,43,51)(H,45,46,47,48). The molecule has 0 saturated heterocycles. The van der Waals surface area contributed by atoms with Crippen LogP contribution in [0.4, 0.5) is 0 Å². The van der Waals surface area contributed by atoms with Gasteiger partial charge in [-0.1, -0.05) is 31.4 Å². The van der Waals surface area contributed by atoms with Crippen LogP contribution in [0.3, 0.4) is 0 Å². The molecule has 1 aliphatic rings. The topological polar surface area (TPSA) is 155 Å². The molecule has 1 amide bonds. The molecule has 1 fully saturated rings. The monoisotopic (exact) mass is 743 g/mol. The number of benzene rings is 4. The van der Waals surface area contributed by atoms with Gasteiger partial charge in [-0.3, -0.25) is 9.59 Å². The number of amides is 1. The van der Waals surface area contributed by atoms with Gasteiger partial charge in [0.15, 0.2) is 11.5 Å². The summed E-state index contributed by atoms with van der Waals surface area (Å²) in [7, 11) is 3.18. The lowest BCUT2D eigenvalue weighted by Gasteiger charge is -2.25. The third-order valence-electron chi connectivity index (χ3n) is 9.62. The first-order valence-electron chi connectivity index (χ1n) is 18.4. The summed E-state index contributed by atoms with van der Waals surface area (Å²) in [6.07, 6.45) is 5.84.